The smallest absolute Gasteiger partial charge is 0.119 e. The van der Waals surface area contributed by atoms with Crippen LogP contribution in [0.5, 0.6) is 11.5 Å². The standard InChI is InChI=1S/C18H18O4/c1-5-15(19-9-17-11-21-17)6-2-13(1)14-3-7-16(8-4-14)20-10-18-12-22-18/h1-8,17-18H,9-12H2/t17-,18-/m0/s1. The van der Waals surface area contributed by atoms with Crippen LogP contribution < -0.4 is 9.47 Å². The fourth-order valence-corrected chi connectivity index (χ4v) is 2.19. The molecule has 4 nitrogen and oxygen atoms in total. The van der Waals surface area contributed by atoms with Crippen LogP contribution in [0.3, 0.4) is 0 Å². The van der Waals surface area contributed by atoms with E-state index in [2.05, 4.69) is 24.3 Å². The monoisotopic (exact) mass is 298 g/mol. The Morgan fingerprint density at radius 1 is 0.682 bits per heavy atom. The van der Waals surface area contributed by atoms with Crippen molar-refractivity contribution in [1.29, 1.82) is 0 Å². The van der Waals surface area contributed by atoms with Gasteiger partial charge < -0.3 is 18.9 Å². The molecule has 2 aromatic carbocycles. The van der Waals surface area contributed by atoms with E-state index in [1.807, 2.05) is 24.3 Å². The largest absolute Gasteiger partial charge is 0.491 e. The van der Waals surface area contributed by atoms with Crippen LogP contribution in [-0.4, -0.2) is 38.6 Å². The van der Waals surface area contributed by atoms with Crippen LogP contribution >= 0.6 is 0 Å². The molecule has 0 saturated carbocycles. The summed E-state index contributed by atoms with van der Waals surface area (Å²) in [6, 6.07) is 16.2. The van der Waals surface area contributed by atoms with Gasteiger partial charge in [0.25, 0.3) is 0 Å². The average Bonchev–Trinajstić information content (AvgIpc) is 3.47. The van der Waals surface area contributed by atoms with Gasteiger partial charge in [0.05, 0.1) is 13.2 Å². The van der Waals surface area contributed by atoms with E-state index in [1.54, 1.807) is 0 Å². The van der Waals surface area contributed by atoms with Gasteiger partial charge >= 0.3 is 0 Å². The Hall–Kier alpha value is -2.04. The number of hydrogen-bond donors (Lipinski definition) is 0. The van der Waals surface area contributed by atoms with Gasteiger partial charge in [-0.2, -0.15) is 0 Å². The minimum absolute atomic E-state index is 0.285. The minimum atomic E-state index is 0.285. The van der Waals surface area contributed by atoms with Crippen LogP contribution in [0.15, 0.2) is 48.5 Å². The van der Waals surface area contributed by atoms with E-state index in [0.29, 0.717) is 13.2 Å². The second kappa shape index (κ2) is 5.99. The van der Waals surface area contributed by atoms with Crippen molar-refractivity contribution in [2.75, 3.05) is 26.4 Å². The summed E-state index contributed by atoms with van der Waals surface area (Å²) in [6.45, 7) is 2.91. The Bertz CT molecular complexity index is 555. The van der Waals surface area contributed by atoms with Crippen molar-refractivity contribution >= 4 is 0 Å². The lowest BCUT2D eigenvalue weighted by Crippen LogP contribution is -2.03. The van der Waals surface area contributed by atoms with Crippen LogP contribution in [0, 0.1) is 0 Å². The molecule has 4 rings (SSSR count). The Morgan fingerprint density at radius 2 is 1.05 bits per heavy atom. The fraction of sp³-hybridized carbons (Fsp3) is 0.333. The lowest BCUT2D eigenvalue weighted by atomic mass is 10.1. The quantitative estimate of drug-likeness (QED) is 0.737. The summed E-state index contributed by atoms with van der Waals surface area (Å²) in [5.41, 5.74) is 2.32. The molecule has 0 unspecified atom stereocenters. The first-order valence-electron chi connectivity index (χ1n) is 7.56. The molecule has 2 saturated heterocycles. The lowest BCUT2D eigenvalue weighted by molar-refractivity contribution is 0.263. The molecule has 2 aromatic rings. The van der Waals surface area contributed by atoms with E-state index in [4.69, 9.17) is 18.9 Å². The number of hydrogen-bond acceptors (Lipinski definition) is 4. The van der Waals surface area contributed by atoms with Crippen molar-refractivity contribution < 1.29 is 18.9 Å². The molecule has 0 aromatic heterocycles. The van der Waals surface area contributed by atoms with Crippen molar-refractivity contribution in [2.45, 2.75) is 12.2 Å². The molecule has 22 heavy (non-hydrogen) atoms. The van der Waals surface area contributed by atoms with Gasteiger partial charge in [-0.05, 0) is 35.4 Å². The van der Waals surface area contributed by atoms with Gasteiger partial charge in [-0.25, -0.2) is 0 Å². The van der Waals surface area contributed by atoms with Gasteiger partial charge in [-0.15, -0.1) is 0 Å². The Kier molecular flexibility index (Phi) is 3.70. The summed E-state index contributed by atoms with van der Waals surface area (Å²) >= 11 is 0. The molecule has 0 radical (unpaired) electrons. The van der Waals surface area contributed by atoms with Crippen molar-refractivity contribution in [3.8, 4) is 22.6 Å². The van der Waals surface area contributed by atoms with Gasteiger partial charge in [-0.1, -0.05) is 24.3 Å². The molecule has 2 atom stereocenters. The molecule has 4 heteroatoms. The summed E-state index contributed by atoms with van der Waals surface area (Å²) in [5.74, 6) is 1.76. The first-order valence-corrected chi connectivity index (χ1v) is 7.56. The van der Waals surface area contributed by atoms with E-state index in [0.717, 1.165) is 35.8 Å². The van der Waals surface area contributed by atoms with Gasteiger partial charge in [-0.3, -0.25) is 0 Å². The molecular weight excluding hydrogens is 280 g/mol. The maximum atomic E-state index is 5.64. The van der Waals surface area contributed by atoms with E-state index < -0.39 is 0 Å². The van der Waals surface area contributed by atoms with E-state index >= 15 is 0 Å². The Balaban J connectivity index is 1.37. The van der Waals surface area contributed by atoms with Gasteiger partial charge in [0, 0.05) is 0 Å². The molecule has 2 aliphatic heterocycles. The zero-order chi connectivity index (χ0) is 14.8. The second-order valence-electron chi connectivity index (χ2n) is 5.58. The van der Waals surface area contributed by atoms with E-state index in [-0.39, 0.29) is 12.2 Å². The van der Waals surface area contributed by atoms with Crippen LogP contribution in [0.25, 0.3) is 11.1 Å². The van der Waals surface area contributed by atoms with Crippen molar-refractivity contribution in [3.63, 3.8) is 0 Å². The van der Waals surface area contributed by atoms with E-state index in [9.17, 15) is 0 Å². The highest BCUT2D eigenvalue weighted by atomic mass is 16.6. The average molecular weight is 298 g/mol. The number of rotatable bonds is 7. The van der Waals surface area contributed by atoms with Crippen LogP contribution in [0.2, 0.25) is 0 Å². The third-order valence-electron chi connectivity index (χ3n) is 3.72. The van der Waals surface area contributed by atoms with Crippen molar-refractivity contribution in [1.82, 2.24) is 0 Å². The van der Waals surface area contributed by atoms with Crippen molar-refractivity contribution in [2.24, 2.45) is 0 Å². The molecule has 2 fully saturated rings. The zero-order valence-corrected chi connectivity index (χ0v) is 12.2. The van der Waals surface area contributed by atoms with Crippen molar-refractivity contribution in [3.05, 3.63) is 48.5 Å². The highest BCUT2D eigenvalue weighted by Crippen LogP contribution is 2.25. The molecule has 0 aliphatic carbocycles. The van der Waals surface area contributed by atoms with Crippen LogP contribution in [0.1, 0.15) is 0 Å². The third kappa shape index (κ3) is 3.59. The molecular formula is C18H18O4. The summed E-state index contributed by atoms with van der Waals surface area (Å²) in [5, 5.41) is 0. The summed E-state index contributed by atoms with van der Waals surface area (Å²) in [6.07, 6.45) is 0.571. The molecule has 2 aliphatic rings. The SMILES string of the molecule is c1cc(-c2ccc(OC[C@H]3CO3)cc2)ccc1OC[C@H]1CO1. The third-order valence-corrected chi connectivity index (χ3v) is 3.72. The minimum Gasteiger partial charge on any atom is -0.491 e. The Labute approximate surface area is 129 Å². The Morgan fingerprint density at radius 3 is 1.36 bits per heavy atom. The van der Waals surface area contributed by atoms with Gasteiger partial charge in [0.1, 0.15) is 36.9 Å². The maximum Gasteiger partial charge on any atom is 0.119 e. The summed E-state index contributed by atoms with van der Waals surface area (Å²) < 4.78 is 21.5. The van der Waals surface area contributed by atoms with Gasteiger partial charge in [0.15, 0.2) is 0 Å². The number of epoxide rings is 2. The zero-order valence-electron chi connectivity index (χ0n) is 12.2. The summed E-state index contributed by atoms with van der Waals surface area (Å²) in [4.78, 5) is 0. The molecule has 0 spiro atoms. The van der Waals surface area contributed by atoms with E-state index in [1.165, 1.54) is 0 Å². The second-order valence-corrected chi connectivity index (χ2v) is 5.58. The molecule has 114 valence electrons. The molecule has 2 heterocycles. The maximum absolute atomic E-state index is 5.64. The first kappa shape index (κ1) is 13.6. The predicted octanol–water partition coefficient (Wildman–Crippen LogP) is 2.91. The van der Waals surface area contributed by atoms with Gasteiger partial charge in [0.2, 0.25) is 0 Å². The lowest BCUT2D eigenvalue weighted by Gasteiger charge is -2.08. The fourth-order valence-electron chi connectivity index (χ4n) is 2.19. The first-order chi connectivity index (χ1) is 10.9. The molecule has 0 N–H and O–H groups in total. The van der Waals surface area contributed by atoms with Crippen LogP contribution in [-0.2, 0) is 9.47 Å². The topological polar surface area (TPSA) is 43.5 Å². The predicted molar refractivity (Wildman–Crippen MR) is 82.3 cm³/mol. The highest BCUT2D eigenvalue weighted by Gasteiger charge is 2.23. The normalized spacial score (nSPS) is 22.2. The van der Waals surface area contributed by atoms with Crippen LogP contribution in [0.4, 0.5) is 0 Å². The number of ether oxygens (including phenoxy) is 4. The molecule has 0 amide bonds. The highest BCUT2D eigenvalue weighted by molar-refractivity contribution is 5.64. The molecule has 0 bridgehead atoms. The summed E-state index contributed by atoms with van der Waals surface area (Å²) in [7, 11) is 0. The number of benzene rings is 2.